The Labute approximate surface area is 102 Å². The highest BCUT2D eigenvalue weighted by molar-refractivity contribution is 5.91. The van der Waals surface area contributed by atoms with E-state index in [0.717, 1.165) is 12.8 Å². The molecule has 0 aromatic carbocycles. The summed E-state index contributed by atoms with van der Waals surface area (Å²) in [7, 11) is 0. The van der Waals surface area contributed by atoms with Crippen LogP contribution in [-0.4, -0.2) is 32.1 Å². The second kappa shape index (κ2) is 9.82. The highest BCUT2D eigenvalue weighted by Crippen LogP contribution is 2.01. The summed E-state index contributed by atoms with van der Waals surface area (Å²) in [6, 6.07) is 1.62. The maximum absolute atomic E-state index is 11.2. The van der Waals surface area contributed by atoms with E-state index in [1.54, 1.807) is 6.07 Å². The van der Waals surface area contributed by atoms with E-state index in [9.17, 15) is 4.79 Å². The van der Waals surface area contributed by atoms with E-state index >= 15 is 0 Å². The van der Waals surface area contributed by atoms with E-state index in [2.05, 4.69) is 13.5 Å². The predicted molar refractivity (Wildman–Crippen MR) is 62.0 cm³/mol. The normalized spacial score (nSPS) is 11.6. The first kappa shape index (κ1) is 15.6. The largest absolute Gasteiger partial charge is 0.456 e. The number of unbranched alkanes of at least 4 members (excludes halogenated alkanes) is 1. The summed E-state index contributed by atoms with van der Waals surface area (Å²) in [5.74, 6) is -0.740. The maximum Gasteiger partial charge on any atom is 0.348 e. The third-order valence-corrected chi connectivity index (χ3v) is 1.89. The van der Waals surface area contributed by atoms with E-state index in [1.807, 2.05) is 6.92 Å². The van der Waals surface area contributed by atoms with E-state index in [4.69, 9.17) is 19.5 Å². The van der Waals surface area contributed by atoms with E-state index in [1.165, 1.54) is 0 Å². The molecule has 1 atom stereocenters. The molecular weight excluding hydrogens is 222 g/mol. The number of ether oxygens (including phenoxy) is 3. The molecule has 0 aliphatic heterocycles. The monoisotopic (exact) mass is 241 g/mol. The molecule has 0 N–H and O–H groups in total. The summed E-state index contributed by atoms with van der Waals surface area (Å²) >= 11 is 0. The van der Waals surface area contributed by atoms with E-state index < -0.39 is 12.3 Å². The van der Waals surface area contributed by atoms with E-state index in [-0.39, 0.29) is 12.2 Å². The Morgan fingerprint density at radius 2 is 2.12 bits per heavy atom. The van der Waals surface area contributed by atoms with Gasteiger partial charge >= 0.3 is 5.97 Å². The van der Waals surface area contributed by atoms with Crippen molar-refractivity contribution in [1.29, 1.82) is 5.26 Å². The van der Waals surface area contributed by atoms with Crippen molar-refractivity contribution in [2.75, 3.05) is 19.8 Å². The zero-order valence-electron chi connectivity index (χ0n) is 10.4. The average Bonchev–Trinajstić information content (AvgIpc) is 2.34. The molecule has 5 nitrogen and oxygen atoms in total. The van der Waals surface area contributed by atoms with Crippen LogP contribution >= 0.6 is 0 Å². The van der Waals surface area contributed by atoms with Gasteiger partial charge in [-0.15, -0.1) is 0 Å². The summed E-state index contributed by atoms with van der Waals surface area (Å²) in [6.45, 7) is 8.12. The van der Waals surface area contributed by atoms with Gasteiger partial charge in [-0.2, -0.15) is 5.26 Å². The lowest BCUT2D eigenvalue weighted by Gasteiger charge is -2.17. The Bertz CT molecular complexity index is 283. The number of hydrogen-bond donors (Lipinski definition) is 0. The Morgan fingerprint density at radius 1 is 1.41 bits per heavy atom. The topological polar surface area (TPSA) is 68.6 Å². The van der Waals surface area contributed by atoms with Gasteiger partial charge in [0, 0.05) is 13.2 Å². The number of rotatable bonds is 9. The molecule has 0 saturated carbocycles. The number of carbonyl (C=O) groups excluding carboxylic acids is 1. The second-order valence-electron chi connectivity index (χ2n) is 3.30. The van der Waals surface area contributed by atoms with Gasteiger partial charge in [-0.05, 0) is 13.3 Å². The van der Waals surface area contributed by atoms with Crippen LogP contribution < -0.4 is 0 Å². The maximum atomic E-state index is 11.2. The number of nitrogens with zero attached hydrogens (tertiary/aromatic N) is 1. The van der Waals surface area contributed by atoms with Gasteiger partial charge in [-0.25, -0.2) is 4.79 Å². The van der Waals surface area contributed by atoms with Crippen LogP contribution in [0.5, 0.6) is 0 Å². The minimum atomic E-state index is -0.740. The molecule has 0 aliphatic carbocycles. The number of carbonyl (C=O) groups is 1. The minimum Gasteiger partial charge on any atom is -0.456 e. The molecule has 0 saturated heterocycles. The fourth-order valence-electron chi connectivity index (χ4n) is 0.966. The fourth-order valence-corrected chi connectivity index (χ4v) is 0.966. The summed E-state index contributed by atoms with van der Waals surface area (Å²) < 4.78 is 15.4. The first-order valence-electron chi connectivity index (χ1n) is 5.65. The SMILES string of the molecule is C=C(C#N)C(=O)OCC(OCC)OCCCC. The van der Waals surface area contributed by atoms with Gasteiger partial charge in [0.05, 0.1) is 0 Å². The molecule has 17 heavy (non-hydrogen) atoms. The fraction of sp³-hybridized carbons (Fsp3) is 0.667. The van der Waals surface area contributed by atoms with Crippen LogP contribution in [0.15, 0.2) is 12.2 Å². The lowest BCUT2D eigenvalue weighted by atomic mass is 10.3. The van der Waals surface area contributed by atoms with Gasteiger partial charge in [0.1, 0.15) is 18.2 Å². The minimum absolute atomic E-state index is 0.0307. The third kappa shape index (κ3) is 7.50. The van der Waals surface area contributed by atoms with Crippen molar-refractivity contribution >= 4 is 5.97 Å². The molecule has 0 aromatic heterocycles. The quantitative estimate of drug-likeness (QED) is 0.202. The zero-order chi connectivity index (χ0) is 13.1. The van der Waals surface area contributed by atoms with Crippen LogP contribution in [0, 0.1) is 11.3 Å². The smallest absolute Gasteiger partial charge is 0.348 e. The van der Waals surface area contributed by atoms with Gasteiger partial charge in [-0.3, -0.25) is 0 Å². The molecule has 0 amide bonds. The highest BCUT2D eigenvalue weighted by Gasteiger charge is 2.14. The van der Waals surface area contributed by atoms with Gasteiger partial charge in [0.15, 0.2) is 6.29 Å². The van der Waals surface area contributed by atoms with E-state index in [0.29, 0.717) is 13.2 Å². The van der Waals surface area contributed by atoms with Crippen molar-refractivity contribution in [3.63, 3.8) is 0 Å². The lowest BCUT2D eigenvalue weighted by Crippen LogP contribution is -2.26. The van der Waals surface area contributed by atoms with Crippen molar-refractivity contribution in [3.8, 4) is 6.07 Å². The Balaban J connectivity index is 3.95. The highest BCUT2D eigenvalue weighted by atomic mass is 16.7. The van der Waals surface area contributed by atoms with Crippen LogP contribution in [0.2, 0.25) is 0 Å². The van der Waals surface area contributed by atoms with Crippen LogP contribution in [0.4, 0.5) is 0 Å². The standard InChI is InChI=1S/C12H19NO4/c1-4-6-7-16-11(15-5-2)9-17-12(14)10(3)8-13/h11H,3-7,9H2,1-2H3. The molecule has 0 fully saturated rings. The molecule has 5 heteroatoms. The van der Waals surface area contributed by atoms with Gasteiger partial charge < -0.3 is 14.2 Å². The molecule has 0 spiro atoms. The van der Waals surface area contributed by atoms with Gasteiger partial charge in [0.25, 0.3) is 0 Å². The third-order valence-electron chi connectivity index (χ3n) is 1.89. The zero-order valence-corrected chi connectivity index (χ0v) is 10.4. The van der Waals surface area contributed by atoms with Crippen molar-refractivity contribution in [2.45, 2.75) is 33.0 Å². The van der Waals surface area contributed by atoms with Crippen LogP contribution in [0.1, 0.15) is 26.7 Å². The summed E-state index contributed by atoms with van der Waals surface area (Å²) in [4.78, 5) is 11.2. The molecule has 0 heterocycles. The molecule has 0 aromatic rings. The van der Waals surface area contributed by atoms with Crippen molar-refractivity contribution in [3.05, 3.63) is 12.2 Å². The molecule has 0 bridgehead atoms. The van der Waals surface area contributed by atoms with Crippen molar-refractivity contribution in [1.82, 2.24) is 0 Å². The molecular formula is C12H19NO4. The molecule has 96 valence electrons. The van der Waals surface area contributed by atoms with Crippen LogP contribution in [0.3, 0.4) is 0 Å². The summed E-state index contributed by atoms with van der Waals surface area (Å²) in [5, 5.41) is 8.43. The van der Waals surface area contributed by atoms with Gasteiger partial charge in [-0.1, -0.05) is 19.9 Å². The predicted octanol–water partition coefficient (Wildman–Crippen LogP) is 1.79. The molecule has 0 rings (SSSR count). The molecule has 0 aliphatic rings. The first-order chi connectivity index (χ1) is 8.15. The average molecular weight is 241 g/mol. The van der Waals surface area contributed by atoms with Gasteiger partial charge in [0.2, 0.25) is 0 Å². The Morgan fingerprint density at radius 3 is 2.65 bits per heavy atom. The second-order valence-corrected chi connectivity index (χ2v) is 3.30. The number of nitriles is 1. The lowest BCUT2D eigenvalue weighted by molar-refractivity contribution is -0.178. The number of hydrogen-bond acceptors (Lipinski definition) is 5. The van der Waals surface area contributed by atoms with Crippen molar-refractivity contribution in [2.24, 2.45) is 0 Å². The molecule has 0 radical (unpaired) electrons. The Kier molecular flexibility index (Phi) is 9.02. The number of esters is 1. The summed E-state index contributed by atoms with van der Waals surface area (Å²) in [5.41, 5.74) is -0.228. The van der Waals surface area contributed by atoms with Crippen LogP contribution in [0.25, 0.3) is 0 Å². The van der Waals surface area contributed by atoms with Crippen LogP contribution in [-0.2, 0) is 19.0 Å². The first-order valence-corrected chi connectivity index (χ1v) is 5.65. The summed E-state index contributed by atoms with van der Waals surface area (Å²) in [6.07, 6.45) is 1.36. The molecule has 1 unspecified atom stereocenters. The Hall–Kier alpha value is -1.38. The van der Waals surface area contributed by atoms with Crippen molar-refractivity contribution < 1.29 is 19.0 Å².